The predicted octanol–water partition coefficient (Wildman–Crippen LogP) is 3.22. The molecular weight excluding hydrogens is 234 g/mol. The highest BCUT2D eigenvalue weighted by atomic mass is 19.4. The summed E-state index contributed by atoms with van der Waals surface area (Å²) in [5, 5.41) is 0. The van der Waals surface area contributed by atoms with Gasteiger partial charge in [-0.15, -0.1) is 0 Å². The zero-order valence-corrected chi connectivity index (χ0v) is 9.15. The van der Waals surface area contributed by atoms with Crippen LogP contribution >= 0.6 is 0 Å². The first-order chi connectivity index (χ1) is 7.89. The molecule has 1 aliphatic rings. The SMILES string of the molecule is NCCC1(c2cc(F)ccc2C(F)(F)F)CC1. The minimum atomic E-state index is -4.44. The molecule has 5 heteroatoms. The second kappa shape index (κ2) is 3.98. The van der Waals surface area contributed by atoms with Gasteiger partial charge in [-0.05, 0) is 55.0 Å². The van der Waals surface area contributed by atoms with E-state index in [1.807, 2.05) is 0 Å². The van der Waals surface area contributed by atoms with E-state index in [-0.39, 0.29) is 5.56 Å². The molecule has 0 unspecified atom stereocenters. The molecule has 0 spiro atoms. The standard InChI is InChI=1S/C12H13F4N/c13-8-1-2-9(12(14,15)16)10(7-8)11(3-4-11)5-6-17/h1-2,7H,3-6,17H2. The molecular formula is C12H13F4N. The molecule has 0 heterocycles. The molecule has 17 heavy (non-hydrogen) atoms. The maximum atomic E-state index is 13.1. The van der Waals surface area contributed by atoms with Crippen molar-refractivity contribution in [1.82, 2.24) is 0 Å². The van der Waals surface area contributed by atoms with Crippen LogP contribution in [0.4, 0.5) is 17.6 Å². The molecule has 0 amide bonds. The molecule has 0 bridgehead atoms. The largest absolute Gasteiger partial charge is 0.416 e. The molecule has 2 rings (SSSR count). The van der Waals surface area contributed by atoms with Crippen molar-refractivity contribution in [2.75, 3.05) is 6.54 Å². The summed E-state index contributed by atoms with van der Waals surface area (Å²) in [5.74, 6) is -0.628. The first-order valence-electron chi connectivity index (χ1n) is 5.46. The van der Waals surface area contributed by atoms with Gasteiger partial charge in [0.2, 0.25) is 0 Å². The summed E-state index contributed by atoms with van der Waals surface area (Å²) in [5.41, 5.74) is 4.19. The maximum absolute atomic E-state index is 13.1. The molecule has 1 aromatic rings. The van der Waals surface area contributed by atoms with Crippen LogP contribution in [0.15, 0.2) is 18.2 Å². The lowest BCUT2D eigenvalue weighted by atomic mass is 9.88. The highest BCUT2D eigenvalue weighted by Gasteiger charge is 2.48. The summed E-state index contributed by atoms with van der Waals surface area (Å²) in [6.45, 7) is 0.313. The Hall–Kier alpha value is -1.10. The minimum Gasteiger partial charge on any atom is -0.330 e. The van der Waals surface area contributed by atoms with Crippen LogP contribution in [0.2, 0.25) is 0 Å². The topological polar surface area (TPSA) is 26.0 Å². The number of halogens is 4. The van der Waals surface area contributed by atoms with Crippen molar-refractivity contribution in [1.29, 1.82) is 0 Å². The predicted molar refractivity (Wildman–Crippen MR) is 56.0 cm³/mol. The van der Waals surface area contributed by atoms with Crippen molar-refractivity contribution in [3.05, 3.63) is 35.1 Å². The Labute approximate surface area is 96.6 Å². The molecule has 1 aromatic carbocycles. The second-order valence-corrected chi connectivity index (χ2v) is 4.51. The van der Waals surface area contributed by atoms with Crippen molar-refractivity contribution in [2.45, 2.75) is 30.9 Å². The van der Waals surface area contributed by atoms with E-state index < -0.39 is 23.0 Å². The first-order valence-corrected chi connectivity index (χ1v) is 5.46. The maximum Gasteiger partial charge on any atom is 0.416 e. The number of rotatable bonds is 3. The van der Waals surface area contributed by atoms with Crippen molar-refractivity contribution in [3.8, 4) is 0 Å². The lowest BCUT2D eigenvalue weighted by molar-refractivity contribution is -0.138. The Bertz CT molecular complexity index is 421. The van der Waals surface area contributed by atoms with Gasteiger partial charge in [0.15, 0.2) is 0 Å². The quantitative estimate of drug-likeness (QED) is 0.815. The van der Waals surface area contributed by atoms with E-state index in [1.165, 1.54) is 0 Å². The molecule has 1 nitrogen and oxygen atoms in total. The Morgan fingerprint density at radius 3 is 2.35 bits per heavy atom. The lowest BCUT2D eigenvalue weighted by Gasteiger charge is -2.20. The smallest absolute Gasteiger partial charge is 0.330 e. The van der Waals surface area contributed by atoms with Crippen LogP contribution in [0, 0.1) is 5.82 Å². The Balaban J connectivity index is 2.48. The van der Waals surface area contributed by atoms with E-state index in [9.17, 15) is 17.6 Å². The monoisotopic (exact) mass is 247 g/mol. The third kappa shape index (κ3) is 2.29. The zero-order chi connectivity index (χ0) is 12.7. The fourth-order valence-corrected chi connectivity index (χ4v) is 2.28. The van der Waals surface area contributed by atoms with Gasteiger partial charge in [-0.25, -0.2) is 4.39 Å². The van der Waals surface area contributed by atoms with E-state index in [0.717, 1.165) is 18.2 Å². The van der Waals surface area contributed by atoms with Gasteiger partial charge in [0.25, 0.3) is 0 Å². The molecule has 94 valence electrons. The van der Waals surface area contributed by atoms with Crippen molar-refractivity contribution in [2.24, 2.45) is 5.73 Å². The summed E-state index contributed by atoms with van der Waals surface area (Å²) in [6.07, 6.45) is -2.67. The van der Waals surface area contributed by atoms with E-state index in [4.69, 9.17) is 5.73 Å². The van der Waals surface area contributed by atoms with Gasteiger partial charge in [-0.2, -0.15) is 13.2 Å². The average Bonchev–Trinajstić information content (AvgIpc) is 2.97. The molecule has 0 atom stereocenters. The third-order valence-corrected chi connectivity index (χ3v) is 3.33. The Morgan fingerprint density at radius 2 is 1.88 bits per heavy atom. The minimum absolute atomic E-state index is 0.0652. The zero-order valence-electron chi connectivity index (χ0n) is 9.15. The van der Waals surface area contributed by atoms with Gasteiger partial charge in [-0.1, -0.05) is 0 Å². The summed E-state index contributed by atoms with van der Waals surface area (Å²) in [6, 6.07) is 2.68. The molecule has 1 saturated carbocycles. The fraction of sp³-hybridized carbons (Fsp3) is 0.500. The van der Waals surface area contributed by atoms with Gasteiger partial charge < -0.3 is 5.73 Å². The van der Waals surface area contributed by atoms with E-state index >= 15 is 0 Å². The van der Waals surface area contributed by atoms with Crippen LogP contribution in [0.5, 0.6) is 0 Å². The van der Waals surface area contributed by atoms with Crippen molar-refractivity contribution < 1.29 is 17.6 Å². The summed E-state index contributed by atoms with van der Waals surface area (Å²) in [7, 11) is 0. The van der Waals surface area contributed by atoms with E-state index in [2.05, 4.69) is 0 Å². The van der Waals surface area contributed by atoms with Crippen LogP contribution in [0.1, 0.15) is 30.4 Å². The van der Waals surface area contributed by atoms with Crippen LogP contribution in [0.3, 0.4) is 0 Å². The highest BCUT2D eigenvalue weighted by Crippen LogP contribution is 2.54. The molecule has 0 aromatic heterocycles. The number of alkyl halides is 3. The van der Waals surface area contributed by atoms with Crippen LogP contribution in [-0.4, -0.2) is 6.54 Å². The molecule has 0 aliphatic heterocycles. The van der Waals surface area contributed by atoms with Crippen LogP contribution < -0.4 is 5.73 Å². The van der Waals surface area contributed by atoms with Crippen molar-refractivity contribution >= 4 is 0 Å². The van der Waals surface area contributed by atoms with E-state index in [1.54, 1.807) is 0 Å². The van der Waals surface area contributed by atoms with Crippen LogP contribution in [-0.2, 0) is 11.6 Å². The highest BCUT2D eigenvalue weighted by molar-refractivity contribution is 5.40. The van der Waals surface area contributed by atoms with Crippen molar-refractivity contribution in [3.63, 3.8) is 0 Å². The third-order valence-electron chi connectivity index (χ3n) is 3.33. The number of nitrogens with two attached hydrogens (primary N) is 1. The summed E-state index contributed by atoms with van der Waals surface area (Å²) < 4.78 is 51.6. The molecule has 0 saturated heterocycles. The molecule has 0 radical (unpaired) electrons. The Kier molecular flexibility index (Phi) is 2.89. The normalized spacial score (nSPS) is 18.2. The number of benzene rings is 1. The summed E-state index contributed by atoms with van der Waals surface area (Å²) >= 11 is 0. The van der Waals surface area contributed by atoms with Crippen LogP contribution in [0.25, 0.3) is 0 Å². The molecule has 1 fully saturated rings. The van der Waals surface area contributed by atoms with Gasteiger partial charge in [-0.3, -0.25) is 0 Å². The number of hydrogen-bond donors (Lipinski definition) is 1. The fourth-order valence-electron chi connectivity index (χ4n) is 2.28. The molecule has 2 N–H and O–H groups in total. The molecule has 1 aliphatic carbocycles. The summed E-state index contributed by atoms with van der Waals surface area (Å²) in [4.78, 5) is 0. The second-order valence-electron chi connectivity index (χ2n) is 4.51. The first kappa shape index (κ1) is 12.4. The van der Waals surface area contributed by atoms with Gasteiger partial charge in [0, 0.05) is 0 Å². The van der Waals surface area contributed by atoms with Gasteiger partial charge >= 0.3 is 6.18 Å². The number of hydrogen-bond acceptors (Lipinski definition) is 1. The lowest BCUT2D eigenvalue weighted by Crippen LogP contribution is -2.19. The average molecular weight is 247 g/mol. The van der Waals surface area contributed by atoms with Gasteiger partial charge in [0.1, 0.15) is 5.82 Å². The van der Waals surface area contributed by atoms with Gasteiger partial charge in [0.05, 0.1) is 5.56 Å². The van der Waals surface area contributed by atoms with E-state index in [0.29, 0.717) is 25.8 Å². The Morgan fingerprint density at radius 1 is 1.24 bits per heavy atom.